The van der Waals surface area contributed by atoms with E-state index in [1.807, 2.05) is 18.2 Å². The Morgan fingerprint density at radius 3 is 2.83 bits per heavy atom. The minimum absolute atomic E-state index is 0.226. The highest BCUT2D eigenvalue weighted by Crippen LogP contribution is 2.41. The summed E-state index contributed by atoms with van der Waals surface area (Å²) in [7, 11) is 3.25. The summed E-state index contributed by atoms with van der Waals surface area (Å²) in [5.41, 5.74) is 8.66. The van der Waals surface area contributed by atoms with Gasteiger partial charge in [0.2, 0.25) is 0 Å². The van der Waals surface area contributed by atoms with Gasteiger partial charge in [-0.2, -0.15) is 9.78 Å². The number of hydrogen-bond donors (Lipinski definition) is 2. The van der Waals surface area contributed by atoms with Crippen molar-refractivity contribution in [2.24, 2.45) is 5.73 Å². The van der Waals surface area contributed by atoms with Gasteiger partial charge >= 0.3 is 0 Å². The van der Waals surface area contributed by atoms with Crippen molar-refractivity contribution >= 4 is 23.1 Å². The zero-order valence-corrected chi connectivity index (χ0v) is 14.1. The fraction of sp³-hybridized carbons (Fsp3) is 0.375. The van der Waals surface area contributed by atoms with Crippen LogP contribution >= 0.6 is 12.2 Å². The van der Waals surface area contributed by atoms with Crippen LogP contribution in [0.3, 0.4) is 0 Å². The van der Waals surface area contributed by atoms with Gasteiger partial charge in [0.05, 0.1) is 14.2 Å². The Labute approximate surface area is 140 Å². The highest BCUT2D eigenvalue weighted by Gasteiger charge is 2.24. The molecule has 0 bridgehead atoms. The molecule has 0 atom stereocenters. The molecular weight excluding hydrogens is 312 g/mol. The summed E-state index contributed by atoms with van der Waals surface area (Å²) in [6, 6.07) is 5.76. The first-order valence-corrected chi connectivity index (χ1v) is 7.95. The summed E-state index contributed by atoms with van der Waals surface area (Å²) in [6.45, 7) is 0.885. The van der Waals surface area contributed by atoms with Crippen molar-refractivity contribution in [3.8, 4) is 22.8 Å². The van der Waals surface area contributed by atoms with E-state index in [-0.39, 0.29) is 5.11 Å². The lowest BCUT2D eigenvalue weighted by Gasteiger charge is -2.12. The number of nitrogens with zero attached hydrogens (tertiary/aromatic N) is 2. The minimum Gasteiger partial charge on any atom is -0.493 e. The van der Waals surface area contributed by atoms with E-state index in [4.69, 9.17) is 27.4 Å². The van der Waals surface area contributed by atoms with Gasteiger partial charge in [0.1, 0.15) is 11.5 Å². The summed E-state index contributed by atoms with van der Waals surface area (Å²) in [6.07, 6.45) is 3.10. The summed E-state index contributed by atoms with van der Waals surface area (Å²) in [4.78, 5) is 0. The van der Waals surface area contributed by atoms with Gasteiger partial charge in [-0.15, -0.1) is 0 Å². The number of nitrogens with one attached hydrogen (secondary N) is 1. The van der Waals surface area contributed by atoms with E-state index in [0.29, 0.717) is 11.5 Å². The highest BCUT2D eigenvalue weighted by atomic mass is 32.1. The van der Waals surface area contributed by atoms with Crippen LogP contribution in [-0.4, -0.2) is 35.7 Å². The van der Waals surface area contributed by atoms with E-state index in [2.05, 4.69) is 10.4 Å². The summed E-state index contributed by atoms with van der Waals surface area (Å²) >= 11 is 5.15. The third-order valence-electron chi connectivity index (χ3n) is 4.00. The molecule has 0 saturated carbocycles. The second kappa shape index (κ2) is 6.45. The Kier molecular flexibility index (Phi) is 4.38. The number of nitrogens with two attached hydrogens (primary N) is 1. The van der Waals surface area contributed by atoms with E-state index in [1.165, 1.54) is 0 Å². The number of hydrogen-bond acceptors (Lipinski definition) is 5. The van der Waals surface area contributed by atoms with Crippen LogP contribution in [0.25, 0.3) is 11.3 Å². The van der Waals surface area contributed by atoms with Crippen LogP contribution < -0.4 is 20.5 Å². The maximum atomic E-state index is 5.84. The number of aromatic nitrogens is 2. The highest BCUT2D eigenvalue weighted by molar-refractivity contribution is 7.80. The Bertz CT molecular complexity index is 742. The van der Waals surface area contributed by atoms with Crippen LogP contribution in [0.15, 0.2) is 18.2 Å². The first kappa shape index (κ1) is 15.6. The van der Waals surface area contributed by atoms with Crippen LogP contribution in [0.1, 0.15) is 18.4 Å². The van der Waals surface area contributed by atoms with Gasteiger partial charge in [-0.3, -0.25) is 0 Å². The lowest BCUT2D eigenvalue weighted by atomic mass is 10.0. The molecule has 7 heteroatoms. The van der Waals surface area contributed by atoms with Gasteiger partial charge in [0.15, 0.2) is 16.6 Å². The molecule has 0 spiro atoms. The molecule has 0 amide bonds. The van der Waals surface area contributed by atoms with Crippen LogP contribution in [0.4, 0.5) is 5.82 Å². The molecule has 3 N–H and O–H groups in total. The average molecular weight is 332 g/mol. The van der Waals surface area contributed by atoms with E-state index >= 15 is 0 Å². The standard InChI is InChI=1S/C16H20N4O2S/c1-21-12-8-5-7-10(14(12)22-2)13-11-6-3-4-9-18-15(11)20(19-13)16(17)23/h5,7-8,18H,3-4,6,9H2,1-2H3,(H2,17,23). The third kappa shape index (κ3) is 2.72. The zero-order valence-electron chi connectivity index (χ0n) is 13.3. The topological polar surface area (TPSA) is 74.3 Å². The number of para-hydroxylation sites is 1. The lowest BCUT2D eigenvalue weighted by Crippen LogP contribution is -2.22. The molecule has 1 aliphatic rings. The molecule has 23 heavy (non-hydrogen) atoms. The molecule has 0 aliphatic carbocycles. The van der Waals surface area contributed by atoms with Gasteiger partial charge in [0.25, 0.3) is 0 Å². The molecule has 1 aromatic carbocycles. The van der Waals surface area contributed by atoms with E-state index < -0.39 is 0 Å². The molecule has 1 aliphatic heterocycles. The lowest BCUT2D eigenvalue weighted by molar-refractivity contribution is 0.356. The maximum absolute atomic E-state index is 5.84. The van der Waals surface area contributed by atoms with Crippen molar-refractivity contribution in [1.82, 2.24) is 9.78 Å². The molecule has 3 rings (SSSR count). The molecule has 1 aromatic heterocycles. The Morgan fingerprint density at radius 2 is 2.13 bits per heavy atom. The second-order valence-electron chi connectivity index (χ2n) is 5.35. The quantitative estimate of drug-likeness (QED) is 0.841. The van der Waals surface area contributed by atoms with Crippen molar-refractivity contribution in [3.63, 3.8) is 0 Å². The summed E-state index contributed by atoms with van der Waals surface area (Å²) in [5.74, 6) is 2.22. The number of benzene rings is 1. The third-order valence-corrected chi connectivity index (χ3v) is 4.17. The van der Waals surface area contributed by atoms with Crippen molar-refractivity contribution in [3.05, 3.63) is 23.8 Å². The van der Waals surface area contributed by atoms with Crippen molar-refractivity contribution in [2.75, 3.05) is 26.1 Å². The van der Waals surface area contributed by atoms with Crippen molar-refractivity contribution in [1.29, 1.82) is 0 Å². The predicted octanol–water partition coefficient (Wildman–Crippen LogP) is 2.41. The molecule has 2 heterocycles. The smallest absolute Gasteiger partial charge is 0.193 e. The Morgan fingerprint density at radius 1 is 1.30 bits per heavy atom. The average Bonchev–Trinajstić information content (AvgIpc) is 2.75. The van der Waals surface area contributed by atoms with Crippen LogP contribution in [-0.2, 0) is 6.42 Å². The van der Waals surface area contributed by atoms with Crippen LogP contribution in [0, 0.1) is 0 Å². The van der Waals surface area contributed by atoms with Crippen LogP contribution in [0.2, 0.25) is 0 Å². The minimum atomic E-state index is 0.226. The van der Waals surface area contributed by atoms with Crippen molar-refractivity contribution < 1.29 is 9.47 Å². The fourth-order valence-electron chi connectivity index (χ4n) is 2.95. The van der Waals surface area contributed by atoms with Gasteiger partial charge in [-0.25, -0.2) is 0 Å². The molecule has 0 radical (unpaired) electrons. The SMILES string of the molecule is COc1cccc(-c2nn(C(N)=S)c3c2CCCCN3)c1OC. The maximum Gasteiger partial charge on any atom is 0.193 e. The first-order valence-electron chi connectivity index (χ1n) is 7.54. The molecular formula is C16H20N4O2S. The summed E-state index contributed by atoms with van der Waals surface area (Å²) in [5, 5.41) is 8.26. The van der Waals surface area contributed by atoms with E-state index in [9.17, 15) is 0 Å². The number of thiocarbonyl (C=S) groups is 1. The fourth-order valence-corrected chi connectivity index (χ4v) is 3.08. The second-order valence-corrected chi connectivity index (χ2v) is 5.77. The van der Waals surface area contributed by atoms with Gasteiger partial charge < -0.3 is 20.5 Å². The normalized spacial score (nSPS) is 13.7. The molecule has 0 fully saturated rings. The monoisotopic (exact) mass is 332 g/mol. The molecule has 2 aromatic rings. The molecule has 0 saturated heterocycles. The number of rotatable bonds is 3. The number of fused-ring (bicyclic) bond motifs is 1. The zero-order chi connectivity index (χ0) is 16.4. The predicted molar refractivity (Wildman–Crippen MR) is 94.4 cm³/mol. The summed E-state index contributed by atoms with van der Waals surface area (Å²) < 4.78 is 12.6. The number of anilines is 1. The molecule has 6 nitrogen and oxygen atoms in total. The van der Waals surface area contributed by atoms with E-state index in [1.54, 1.807) is 18.9 Å². The first-order chi connectivity index (χ1) is 11.2. The van der Waals surface area contributed by atoms with Gasteiger partial charge in [0, 0.05) is 17.7 Å². The van der Waals surface area contributed by atoms with Crippen molar-refractivity contribution in [2.45, 2.75) is 19.3 Å². The van der Waals surface area contributed by atoms with E-state index in [0.717, 1.165) is 48.4 Å². The van der Waals surface area contributed by atoms with Crippen LogP contribution in [0.5, 0.6) is 11.5 Å². The molecule has 0 unspecified atom stereocenters. The molecule has 122 valence electrons. The number of ether oxygens (including phenoxy) is 2. The largest absolute Gasteiger partial charge is 0.493 e. The van der Waals surface area contributed by atoms with Gasteiger partial charge in [-0.1, -0.05) is 6.07 Å². The Balaban J connectivity index is 2.23. The van der Waals surface area contributed by atoms with Gasteiger partial charge in [-0.05, 0) is 43.6 Å². The Hall–Kier alpha value is -2.28. The number of methoxy groups -OCH3 is 2.